The maximum atomic E-state index is 5.33. The first-order valence-electron chi connectivity index (χ1n) is 12.5. The van der Waals surface area contributed by atoms with E-state index in [-0.39, 0.29) is 0 Å². The van der Waals surface area contributed by atoms with Crippen molar-refractivity contribution in [2.24, 2.45) is 0 Å². The summed E-state index contributed by atoms with van der Waals surface area (Å²) in [6.07, 6.45) is 0. The van der Waals surface area contributed by atoms with E-state index in [4.69, 9.17) is 9.97 Å². The molecule has 0 unspecified atom stereocenters. The molecule has 0 aliphatic rings. The van der Waals surface area contributed by atoms with E-state index in [1.807, 2.05) is 0 Å². The first-order chi connectivity index (χ1) is 18.3. The monoisotopic (exact) mass is 474 g/mol. The minimum atomic E-state index is 0.673. The molecule has 3 aromatic heterocycles. The van der Waals surface area contributed by atoms with Crippen LogP contribution in [0.5, 0.6) is 0 Å². The van der Waals surface area contributed by atoms with E-state index in [2.05, 4.69) is 131 Å². The Morgan fingerprint density at radius 1 is 0.459 bits per heavy atom. The predicted molar refractivity (Wildman–Crippen MR) is 153 cm³/mol. The molecule has 0 atom stereocenters. The lowest BCUT2D eigenvalue weighted by Crippen LogP contribution is -2.07. The molecule has 0 amide bonds. The Morgan fingerprint density at radius 2 is 0.919 bits per heavy atom. The van der Waals surface area contributed by atoms with Gasteiger partial charge in [-0.2, -0.15) is 4.98 Å². The second-order valence-corrected chi connectivity index (χ2v) is 9.61. The zero-order valence-electron chi connectivity index (χ0n) is 20.3. The van der Waals surface area contributed by atoms with E-state index in [0.29, 0.717) is 5.95 Å². The predicted octanol–water partition coefficient (Wildman–Crippen LogP) is 8.13. The summed E-state index contributed by atoms with van der Waals surface area (Å²) in [5.74, 6) is 1.56. The van der Waals surface area contributed by atoms with Crippen LogP contribution in [0.4, 0.5) is 0 Å². The fourth-order valence-corrected chi connectivity index (χ4v) is 5.77. The van der Waals surface area contributed by atoms with Crippen molar-refractivity contribution >= 4 is 54.5 Å². The average Bonchev–Trinajstić information content (AvgIpc) is 3.45. The van der Waals surface area contributed by atoms with Crippen molar-refractivity contribution < 1.29 is 0 Å². The van der Waals surface area contributed by atoms with Gasteiger partial charge in [0.1, 0.15) is 0 Å². The quantitative estimate of drug-likeness (QED) is 0.253. The van der Waals surface area contributed by atoms with E-state index >= 15 is 0 Å². The van der Waals surface area contributed by atoms with Gasteiger partial charge in [-0.05, 0) is 48.9 Å². The number of hydrogen-bond acceptors (Lipinski definition) is 2. The minimum absolute atomic E-state index is 0.673. The second kappa shape index (κ2) is 7.52. The van der Waals surface area contributed by atoms with Crippen molar-refractivity contribution in [2.45, 2.75) is 6.92 Å². The molecule has 5 aromatic carbocycles. The van der Waals surface area contributed by atoms with Gasteiger partial charge in [-0.25, -0.2) is 4.98 Å². The molecule has 0 spiro atoms. The standard InChI is InChI=1S/C33H22N4/c1-21-18-19-26-27(20-21)34-33(37-30-16-8-4-12-24(30)25-13-5-9-17-31(25)37)35-32(26)36-28-14-6-2-10-22(28)23-11-3-7-15-29(23)36/h2-20H,1H3. The Morgan fingerprint density at radius 3 is 1.43 bits per heavy atom. The summed E-state index contributed by atoms with van der Waals surface area (Å²) in [6.45, 7) is 2.11. The van der Waals surface area contributed by atoms with Gasteiger partial charge in [0, 0.05) is 26.9 Å². The summed E-state index contributed by atoms with van der Waals surface area (Å²) in [5, 5.41) is 5.86. The van der Waals surface area contributed by atoms with Crippen LogP contribution in [0, 0.1) is 6.92 Å². The van der Waals surface area contributed by atoms with Crippen LogP contribution in [0.25, 0.3) is 66.3 Å². The van der Waals surface area contributed by atoms with E-state index in [1.165, 1.54) is 27.1 Å². The van der Waals surface area contributed by atoms with Crippen molar-refractivity contribution in [3.05, 3.63) is 121 Å². The third-order valence-corrected chi connectivity index (χ3v) is 7.39. The van der Waals surface area contributed by atoms with Crippen LogP contribution in [0.2, 0.25) is 0 Å². The maximum absolute atomic E-state index is 5.33. The van der Waals surface area contributed by atoms with Crippen LogP contribution in [0.15, 0.2) is 115 Å². The number of para-hydroxylation sites is 4. The minimum Gasteiger partial charge on any atom is -0.293 e. The first kappa shape index (κ1) is 20.3. The highest BCUT2D eigenvalue weighted by molar-refractivity contribution is 6.11. The average molecular weight is 475 g/mol. The van der Waals surface area contributed by atoms with E-state index in [1.54, 1.807) is 0 Å². The summed E-state index contributed by atoms with van der Waals surface area (Å²) >= 11 is 0. The Kier molecular flexibility index (Phi) is 4.12. The Hall–Kier alpha value is -4.96. The summed E-state index contributed by atoms with van der Waals surface area (Å²) in [4.78, 5) is 10.5. The zero-order valence-corrected chi connectivity index (χ0v) is 20.3. The van der Waals surface area contributed by atoms with Gasteiger partial charge < -0.3 is 0 Å². The second-order valence-electron chi connectivity index (χ2n) is 9.61. The highest BCUT2D eigenvalue weighted by Gasteiger charge is 2.19. The molecule has 8 rings (SSSR count). The number of aromatic nitrogens is 4. The molecular weight excluding hydrogens is 452 g/mol. The van der Waals surface area contributed by atoms with Crippen LogP contribution < -0.4 is 0 Å². The SMILES string of the molecule is Cc1ccc2c(-n3c4ccccc4c4ccccc43)nc(-n3c4ccccc4c4ccccc43)nc2c1. The third-order valence-electron chi connectivity index (χ3n) is 7.39. The van der Waals surface area contributed by atoms with Crippen LogP contribution in [-0.2, 0) is 0 Å². The Bertz CT molecular complexity index is 2060. The molecule has 0 saturated carbocycles. The van der Waals surface area contributed by atoms with Gasteiger partial charge >= 0.3 is 0 Å². The van der Waals surface area contributed by atoms with Crippen LogP contribution in [-0.4, -0.2) is 19.1 Å². The molecule has 0 radical (unpaired) electrons. The van der Waals surface area contributed by atoms with Crippen molar-refractivity contribution in [1.82, 2.24) is 19.1 Å². The van der Waals surface area contributed by atoms with Crippen molar-refractivity contribution in [3.8, 4) is 11.8 Å². The fraction of sp³-hybridized carbons (Fsp3) is 0.0303. The number of fused-ring (bicyclic) bond motifs is 7. The smallest absolute Gasteiger partial charge is 0.237 e. The molecule has 0 saturated heterocycles. The van der Waals surface area contributed by atoms with Gasteiger partial charge in [0.05, 0.1) is 27.6 Å². The van der Waals surface area contributed by atoms with Gasteiger partial charge in [-0.15, -0.1) is 0 Å². The van der Waals surface area contributed by atoms with Crippen LogP contribution in [0.1, 0.15) is 5.56 Å². The number of hydrogen-bond donors (Lipinski definition) is 0. The molecule has 3 heterocycles. The fourth-order valence-electron chi connectivity index (χ4n) is 5.77. The van der Waals surface area contributed by atoms with Crippen molar-refractivity contribution in [1.29, 1.82) is 0 Å². The van der Waals surface area contributed by atoms with Gasteiger partial charge in [-0.3, -0.25) is 9.13 Å². The first-order valence-corrected chi connectivity index (χ1v) is 12.5. The lowest BCUT2D eigenvalue weighted by atomic mass is 10.1. The molecule has 0 aliphatic heterocycles. The van der Waals surface area contributed by atoms with Crippen LogP contribution >= 0.6 is 0 Å². The molecule has 37 heavy (non-hydrogen) atoms. The molecule has 0 bridgehead atoms. The molecule has 0 fully saturated rings. The van der Waals surface area contributed by atoms with Crippen molar-refractivity contribution in [2.75, 3.05) is 0 Å². The molecule has 8 aromatic rings. The zero-order chi connectivity index (χ0) is 24.5. The molecule has 0 aliphatic carbocycles. The number of aryl methyl sites for hydroxylation is 1. The summed E-state index contributed by atoms with van der Waals surface area (Å²) in [6, 6.07) is 40.6. The normalized spacial score (nSPS) is 11.9. The maximum Gasteiger partial charge on any atom is 0.237 e. The molecule has 4 nitrogen and oxygen atoms in total. The Balaban J connectivity index is 1.56. The molecular formula is C33H22N4. The van der Waals surface area contributed by atoms with E-state index in [0.717, 1.165) is 38.8 Å². The number of nitrogens with zero attached hydrogens (tertiary/aromatic N) is 4. The Labute approximate surface area is 213 Å². The molecule has 0 N–H and O–H groups in total. The van der Waals surface area contributed by atoms with Gasteiger partial charge in [-0.1, -0.05) is 78.9 Å². The van der Waals surface area contributed by atoms with E-state index < -0.39 is 0 Å². The van der Waals surface area contributed by atoms with Crippen LogP contribution in [0.3, 0.4) is 0 Å². The topological polar surface area (TPSA) is 35.6 Å². The molecule has 174 valence electrons. The molecule has 4 heteroatoms. The highest BCUT2D eigenvalue weighted by atomic mass is 15.2. The third kappa shape index (κ3) is 2.84. The highest BCUT2D eigenvalue weighted by Crippen LogP contribution is 2.36. The van der Waals surface area contributed by atoms with Crippen molar-refractivity contribution in [3.63, 3.8) is 0 Å². The van der Waals surface area contributed by atoms with Gasteiger partial charge in [0.25, 0.3) is 0 Å². The summed E-state index contributed by atoms with van der Waals surface area (Å²) in [7, 11) is 0. The van der Waals surface area contributed by atoms with Gasteiger partial charge in [0.2, 0.25) is 5.95 Å². The van der Waals surface area contributed by atoms with E-state index in [9.17, 15) is 0 Å². The largest absolute Gasteiger partial charge is 0.293 e. The van der Waals surface area contributed by atoms with Gasteiger partial charge in [0.15, 0.2) is 5.82 Å². The lowest BCUT2D eigenvalue weighted by molar-refractivity contribution is 0.972. The number of rotatable bonds is 2. The summed E-state index contributed by atoms with van der Waals surface area (Å²) in [5.41, 5.74) is 6.58. The lowest BCUT2D eigenvalue weighted by Gasteiger charge is -2.14. The number of benzene rings is 5. The summed E-state index contributed by atoms with van der Waals surface area (Å²) < 4.78 is 4.49.